The molecule has 4 nitrogen and oxygen atoms in total. The molecule has 0 aromatic carbocycles. The number of methoxy groups -OCH3 is 1. The monoisotopic (exact) mass is 241 g/mol. The standard InChI is InChI=1S/C13H23NO3/c1-4-5-12(15)13(14-10(2)16-3)11-6-8-17-9-7-11/h11,13-14H,2,4-9H2,1,3H3/t13-/m0/s1. The molecule has 1 N–H and O–H groups in total. The van der Waals surface area contributed by atoms with Gasteiger partial charge in [0.15, 0.2) is 11.7 Å². The quantitative estimate of drug-likeness (QED) is 0.691. The maximum absolute atomic E-state index is 12.1. The summed E-state index contributed by atoms with van der Waals surface area (Å²) in [6.07, 6.45) is 3.32. The normalized spacial score (nSPS) is 18.5. The van der Waals surface area contributed by atoms with E-state index in [1.54, 1.807) is 7.11 Å². The fourth-order valence-corrected chi connectivity index (χ4v) is 2.14. The van der Waals surface area contributed by atoms with Crippen molar-refractivity contribution in [2.75, 3.05) is 20.3 Å². The maximum atomic E-state index is 12.1. The minimum atomic E-state index is -0.175. The first-order valence-electron chi connectivity index (χ1n) is 6.29. The fraction of sp³-hybridized carbons (Fsp3) is 0.769. The Morgan fingerprint density at radius 3 is 2.71 bits per heavy atom. The van der Waals surface area contributed by atoms with Crippen LogP contribution < -0.4 is 5.32 Å². The van der Waals surface area contributed by atoms with Gasteiger partial charge in [0.05, 0.1) is 13.2 Å². The zero-order valence-electron chi connectivity index (χ0n) is 10.8. The first kappa shape index (κ1) is 14.0. The first-order valence-corrected chi connectivity index (χ1v) is 6.29. The van der Waals surface area contributed by atoms with Gasteiger partial charge in [-0.15, -0.1) is 0 Å². The molecule has 0 aromatic heterocycles. The van der Waals surface area contributed by atoms with Crippen LogP contribution in [0.3, 0.4) is 0 Å². The van der Waals surface area contributed by atoms with E-state index < -0.39 is 0 Å². The van der Waals surface area contributed by atoms with Crippen LogP contribution in [0.4, 0.5) is 0 Å². The molecule has 1 aliphatic rings. The van der Waals surface area contributed by atoms with Crippen LogP contribution in [0.15, 0.2) is 12.5 Å². The molecule has 0 bridgehead atoms. The van der Waals surface area contributed by atoms with Gasteiger partial charge >= 0.3 is 0 Å². The van der Waals surface area contributed by atoms with Crippen molar-refractivity contribution in [1.82, 2.24) is 5.32 Å². The molecule has 1 fully saturated rings. The van der Waals surface area contributed by atoms with E-state index in [2.05, 4.69) is 11.9 Å². The minimum Gasteiger partial charge on any atom is -0.483 e. The van der Waals surface area contributed by atoms with Crippen molar-refractivity contribution >= 4 is 5.78 Å². The third-order valence-electron chi connectivity index (χ3n) is 3.14. The van der Waals surface area contributed by atoms with E-state index in [1.165, 1.54) is 0 Å². The Morgan fingerprint density at radius 1 is 1.53 bits per heavy atom. The fourth-order valence-electron chi connectivity index (χ4n) is 2.14. The average molecular weight is 241 g/mol. The second kappa shape index (κ2) is 7.33. The second-order valence-electron chi connectivity index (χ2n) is 4.42. The van der Waals surface area contributed by atoms with E-state index in [0.29, 0.717) is 18.2 Å². The van der Waals surface area contributed by atoms with Gasteiger partial charge in [-0.3, -0.25) is 4.79 Å². The lowest BCUT2D eigenvalue weighted by molar-refractivity contribution is -0.123. The average Bonchev–Trinajstić information content (AvgIpc) is 2.36. The van der Waals surface area contributed by atoms with Gasteiger partial charge in [0.1, 0.15) is 0 Å². The van der Waals surface area contributed by atoms with E-state index in [-0.39, 0.29) is 11.8 Å². The van der Waals surface area contributed by atoms with Crippen molar-refractivity contribution < 1.29 is 14.3 Å². The summed E-state index contributed by atoms with van der Waals surface area (Å²) in [6.45, 7) is 7.23. The Hall–Kier alpha value is -1.03. The van der Waals surface area contributed by atoms with Gasteiger partial charge in [-0.2, -0.15) is 0 Å². The smallest absolute Gasteiger partial charge is 0.179 e. The van der Waals surface area contributed by atoms with Crippen molar-refractivity contribution in [3.63, 3.8) is 0 Å². The van der Waals surface area contributed by atoms with Gasteiger partial charge in [0, 0.05) is 19.6 Å². The summed E-state index contributed by atoms with van der Waals surface area (Å²) in [5.74, 6) is 1.04. The van der Waals surface area contributed by atoms with E-state index in [9.17, 15) is 4.79 Å². The van der Waals surface area contributed by atoms with Crippen LogP contribution in [0.2, 0.25) is 0 Å². The summed E-state index contributed by atoms with van der Waals surface area (Å²) in [6, 6.07) is -0.175. The minimum absolute atomic E-state index is 0.175. The largest absolute Gasteiger partial charge is 0.483 e. The zero-order valence-corrected chi connectivity index (χ0v) is 10.8. The molecule has 1 rings (SSSR count). The van der Waals surface area contributed by atoms with Crippen LogP contribution in [0, 0.1) is 5.92 Å². The Morgan fingerprint density at radius 2 is 2.18 bits per heavy atom. The lowest BCUT2D eigenvalue weighted by Gasteiger charge is -2.30. The number of Topliss-reactive ketones (excluding diaryl/α,β-unsaturated/α-hetero) is 1. The summed E-state index contributed by atoms with van der Waals surface area (Å²) in [5.41, 5.74) is 0. The van der Waals surface area contributed by atoms with Crippen LogP contribution in [0.1, 0.15) is 32.6 Å². The van der Waals surface area contributed by atoms with Crippen LogP contribution in [0.25, 0.3) is 0 Å². The van der Waals surface area contributed by atoms with Gasteiger partial charge in [0.25, 0.3) is 0 Å². The summed E-state index contributed by atoms with van der Waals surface area (Å²) >= 11 is 0. The molecule has 1 aliphatic heterocycles. The highest BCUT2D eigenvalue weighted by Crippen LogP contribution is 2.21. The molecule has 1 saturated heterocycles. The Bertz CT molecular complexity index is 259. The van der Waals surface area contributed by atoms with E-state index in [0.717, 1.165) is 32.5 Å². The van der Waals surface area contributed by atoms with Crippen LogP contribution in [-0.4, -0.2) is 32.1 Å². The number of nitrogens with one attached hydrogen (secondary N) is 1. The third-order valence-corrected chi connectivity index (χ3v) is 3.14. The number of rotatable bonds is 7. The lowest BCUT2D eigenvalue weighted by atomic mass is 9.88. The number of ether oxygens (including phenoxy) is 2. The van der Waals surface area contributed by atoms with Crippen molar-refractivity contribution in [3.05, 3.63) is 12.5 Å². The Kier molecular flexibility index (Phi) is 6.05. The zero-order chi connectivity index (χ0) is 12.7. The molecule has 4 heteroatoms. The van der Waals surface area contributed by atoms with Crippen LogP contribution >= 0.6 is 0 Å². The topological polar surface area (TPSA) is 47.6 Å². The summed E-state index contributed by atoms with van der Waals surface area (Å²) in [4.78, 5) is 12.1. The predicted octanol–water partition coefficient (Wildman–Crippen LogP) is 1.86. The van der Waals surface area contributed by atoms with Gasteiger partial charge < -0.3 is 14.8 Å². The third kappa shape index (κ3) is 4.38. The lowest BCUT2D eigenvalue weighted by Crippen LogP contribution is -2.44. The van der Waals surface area contributed by atoms with Crippen molar-refractivity contribution in [2.45, 2.75) is 38.6 Å². The molecular formula is C13H23NO3. The van der Waals surface area contributed by atoms with Crippen LogP contribution in [-0.2, 0) is 14.3 Å². The Balaban J connectivity index is 2.62. The molecular weight excluding hydrogens is 218 g/mol. The summed E-state index contributed by atoms with van der Waals surface area (Å²) < 4.78 is 10.3. The van der Waals surface area contributed by atoms with E-state index in [1.807, 2.05) is 6.92 Å². The van der Waals surface area contributed by atoms with Crippen molar-refractivity contribution in [1.29, 1.82) is 0 Å². The van der Waals surface area contributed by atoms with E-state index in [4.69, 9.17) is 9.47 Å². The predicted molar refractivity (Wildman–Crippen MR) is 66.5 cm³/mol. The van der Waals surface area contributed by atoms with Gasteiger partial charge in [-0.05, 0) is 31.8 Å². The van der Waals surface area contributed by atoms with Crippen molar-refractivity contribution in [3.8, 4) is 0 Å². The van der Waals surface area contributed by atoms with Crippen LogP contribution in [0.5, 0.6) is 0 Å². The van der Waals surface area contributed by atoms with E-state index >= 15 is 0 Å². The number of carbonyl (C=O) groups excluding carboxylic acids is 1. The highest BCUT2D eigenvalue weighted by Gasteiger charge is 2.29. The molecule has 17 heavy (non-hydrogen) atoms. The molecule has 0 amide bonds. The molecule has 1 atom stereocenters. The molecule has 0 aliphatic carbocycles. The summed E-state index contributed by atoms with van der Waals surface area (Å²) in [5, 5.41) is 3.10. The molecule has 0 aromatic rings. The number of hydrogen-bond donors (Lipinski definition) is 1. The molecule has 0 spiro atoms. The molecule has 0 unspecified atom stereocenters. The highest BCUT2D eigenvalue weighted by atomic mass is 16.5. The SMILES string of the molecule is C=C(N[C@H](C(=O)CCC)C1CCOCC1)OC. The number of hydrogen-bond acceptors (Lipinski definition) is 4. The molecule has 98 valence electrons. The van der Waals surface area contributed by atoms with Gasteiger partial charge in [-0.1, -0.05) is 6.92 Å². The number of carbonyl (C=O) groups is 1. The molecule has 0 radical (unpaired) electrons. The first-order chi connectivity index (χ1) is 8.19. The highest BCUT2D eigenvalue weighted by molar-refractivity contribution is 5.84. The molecule has 0 saturated carbocycles. The van der Waals surface area contributed by atoms with Crippen molar-refractivity contribution in [2.24, 2.45) is 5.92 Å². The summed E-state index contributed by atoms with van der Waals surface area (Å²) in [7, 11) is 1.56. The second-order valence-corrected chi connectivity index (χ2v) is 4.42. The molecule has 1 heterocycles. The maximum Gasteiger partial charge on any atom is 0.179 e. The Labute approximate surface area is 103 Å². The van der Waals surface area contributed by atoms with Gasteiger partial charge in [-0.25, -0.2) is 0 Å². The number of ketones is 1. The van der Waals surface area contributed by atoms with Gasteiger partial charge in [0.2, 0.25) is 0 Å².